The number of amides is 1. The molecule has 1 N–H and O–H groups in total. The molecule has 0 bridgehead atoms. The summed E-state index contributed by atoms with van der Waals surface area (Å²) in [5.41, 5.74) is 3.00. The number of pyridine rings is 1. The second-order valence-electron chi connectivity index (χ2n) is 6.96. The first-order valence-electron chi connectivity index (χ1n) is 9.84. The molecule has 2 aromatic heterocycles. The summed E-state index contributed by atoms with van der Waals surface area (Å²) in [5.74, 6) is 2.34. The minimum absolute atomic E-state index is 0.237. The zero-order valence-electron chi connectivity index (χ0n) is 17.5. The van der Waals surface area contributed by atoms with Crippen LogP contribution in [0.2, 0.25) is 5.02 Å². The number of aryl methyl sites for hydroxylation is 2. The monoisotopic (exact) mass is 465 g/mol. The number of halogens is 1. The highest BCUT2D eigenvalue weighted by Crippen LogP contribution is 2.30. The van der Waals surface area contributed by atoms with E-state index >= 15 is 0 Å². The van der Waals surface area contributed by atoms with Gasteiger partial charge in [0.15, 0.2) is 0 Å². The van der Waals surface area contributed by atoms with Gasteiger partial charge in [-0.1, -0.05) is 28.9 Å². The van der Waals surface area contributed by atoms with Crippen molar-refractivity contribution in [1.29, 1.82) is 0 Å². The quantitative estimate of drug-likeness (QED) is 0.307. The van der Waals surface area contributed by atoms with Crippen molar-refractivity contribution >= 4 is 35.0 Å². The van der Waals surface area contributed by atoms with Crippen LogP contribution in [0.25, 0.3) is 0 Å². The maximum absolute atomic E-state index is 12.9. The Hall–Kier alpha value is -3.29. The van der Waals surface area contributed by atoms with E-state index in [1.165, 1.54) is 11.8 Å². The van der Waals surface area contributed by atoms with Crippen LogP contribution in [0.1, 0.15) is 27.4 Å². The molecule has 1 amide bonds. The number of nitrogens with one attached hydrogen (secondary N) is 1. The number of para-hydroxylation sites is 1. The number of hydrogen-bond acceptors (Lipinski definition) is 6. The highest BCUT2D eigenvalue weighted by Gasteiger charge is 2.16. The number of benzene rings is 2. The molecule has 0 saturated carbocycles. The van der Waals surface area contributed by atoms with Crippen molar-refractivity contribution in [3.63, 3.8) is 0 Å². The maximum atomic E-state index is 12.9. The van der Waals surface area contributed by atoms with Crippen LogP contribution in [0.3, 0.4) is 0 Å². The largest absolute Gasteiger partial charge is 0.456 e. The summed E-state index contributed by atoms with van der Waals surface area (Å²) >= 11 is 7.61. The van der Waals surface area contributed by atoms with Gasteiger partial charge in [0.2, 0.25) is 0 Å². The Morgan fingerprint density at radius 3 is 2.59 bits per heavy atom. The van der Waals surface area contributed by atoms with E-state index in [0.717, 1.165) is 17.0 Å². The van der Waals surface area contributed by atoms with Crippen molar-refractivity contribution in [3.05, 3.63) is 94.5 Å². The number of aromatic nitrogens is 2. The lowest BCUT2D eigenvalue weighted by Gasteiger charge is -2.11. The SMILES string of the molecule is Cc1noc(C)c1CSc1ncccc1C(=O)Nc1ccc(Oc2ccccc2Cl)cc1. The Morgan fingerprint density at radius 2 is 1.88 bits per heavy atom. The van der Waals surface area contributed by atoms with Gasteiger partial charge in [-0.25, -0.2) is 4.98 Å². The van der Waals surface area contributed by atoms with Gasteiger partial charge in [0.1, 0.15) is 22.3 Å². The van der Waals surface area contributed by atoms with Crippen LogP contribution in [0.5, 0.6) is 11.5 Å². The summed E-state index contributed by atoms with van der Waals surface area (Å²) in [6.07, 6.45) is 1.67. The van der Waals surface area contributed by atoms with Crippen molar-refractivity contribution in [2.45, 2.75) is 24.6 Å². The Bertz CT molecular complexity index is 1220. The van der Waals surface area contributed by atoms with Crippen LogP contribution in [0.4, 0.5) is 5.69 Å². The molecule has 0 atom stereocenters. The molecule has 4 rings (SSSR count). The molecule has 0 aliphatic carbocycles. The van der Waals surface area contributed by atoms with Gasteiger partial charge in [-0.15, -0.1) is 11.8 Å². The number of thioether (sulfide) groups is 1. The lowest BCUT2D eigenvalue weighted by molar-refractivity contribution is 0.102. The van der Waals surface area contributed by atoms with E-state index in [-0.39, 0.29) is 5.91 Å². The third-order valence-corrected chi connectivity index (χ3v) is 6.07. The molecule has 32 heavy (non-hydrogen) atoms. The predicted molar refractivity (Wildman–Crippen MR) is 126 cm³/mol. The van der Waals surface area contributed by atoms with Gasteiger partial charge in [-0.05, 0) is 62.4 Å². The zero-order chi connectivity index (χ0) is 22.5. The second kappa shape index (κ2) is 9.89. The normalized spacial score (nSPS) is 10.7. The van der Waals surface area contributed by atoms with Crippen LogP contribution in [-0.2, 0) is 5.75 Å². The van der Waals surface area contributed by atoms with E-state index in [9.17, 15) is 4.79 Å². The van der Waals surface area contributed by atoms with Crippen LogP contribution in [0.15, 0.2) is 76.4 Å². The highest BCUT2D eigenvalue weighted by atomic mass is 35.5. The molecule has 2 heterocycles. The van der Waals surface area contributed by atoms with Gasteiger partial charge in [-0.3, -0.25) is 4.79 Å². The summed E-state index contributed by atoms with van der Waals surface area (Å²) in [6, 6.07) is 17.8. The minimum atomic E-state index is -0.237. The third kappa shape index (κ3) is 5.12. The molecule has 0 fully saturated rings. The van der Waals surface area contributed by atoms with Gasteiger partial charge in [0.05, 0.1) is 16.3 Å². The fourth-order valence-electron chi connectivity index (χ4n) is 2.99. The number of nitrogens with zero attached hydrogens (tertiary/aromatic N) is 2. The molecular formula is C24H20ClN3O3S. The first kappa shape index (κ1) is 21.9. The second-order valence-corrected chi connectivity index (χ2v) is 8.33. The number of carbonyl (C=O) groups excluding carboxylic acids is 1. The Balaban J connectivity index is 1.43. The third-order valence-electron chi connectivity index (χ3n) is 4.73. The maximum Gasteiger partial charge on any atom is 0.258 e. The van der Waals surface area contributed by atoms with Crippen LogP contribution in [0, 0.1) is 13.8 Å². The van der Waals surface area contributed by atoms with Gasteiger partial charge in [0, 0.05) is 23.2 Å². The van der Waals surface area contributed by atoms with Gasteiger partial charge >= 0.3 is 0 Å². The summed E-state index contributed by atoms with van der Waals surface area (Å²) < 4.78 is 11.0. The smallest absolute Gasteiger partial charge is 0.258 e. The fourth-order valence-corrected chi connectivity index (χ4v) is 4.31. The standard InChI is InChI=1S/C24H20ClN3O3S/c1-15-20(16(2)31-28-15)14-32-24-19(6-5-13-26-24)23(29)27-17-9-11-18(12-10-17)30-22-8-4-3-7-21(22)25/h3-13H,14H2,1-2H3,(H,27,29). The minimum Gasteiger partial charge on any atom is -0.456 e. The van der Waals surface area contributed by atoms with Crippen molar-refractivity contribution in [2.24, 2.45) is 0 Å². The lowest BCUT2D eigenvalue weighted by Crippen LogP contribution is -2.13. The molecule has 162 valence electrons. The molecule has 0 aliphatic rings. The van der Waals surface area contributed by atoms with E-state index in [1.54, 1.807) is 54.7 Å². The Kier molecular flexibility index (Phi) is 6.78. The van der Waals surface area contributed by atoms with Crippen molar-refractivity contribution < 1.29 is 14.1 Å². The van der Waals surface area contributed by atoms with Gasteiger partial charge in [-0.2, -0.15) is 0 Å². The van der Waals surface area contributed by atoms with Crippen molar-refractivity contribution in [1.82, 2.24) is 10.1 Å². The number of carbonyl (C=O) groups is 1. The molecule has 4 aromatic rings. The topological polar surface area (TPSA) is 77.2 Å². The first-order chi connectivity index (χ1) is 15.5. The van der Waals surface area contributed by atoms with Crippen molar-refractivity contribution in [2.75, 3.05) is 5.32 Å². The average molecular weight is 466 g/mol. The van der Waals surface area contributed by atoms with Crippen LogP contribution >= 0.6 is 23.4 Å². The first-order valence-corrected chi connectivity index (χ1v) is 11.2. The van der Waals surface area contributed by atoms with E-state index in [4.69, 9.17) is 20.9 Å². The molecule has 0 spiro atoms. The molecule has 0 unspecified atom stereocenters. The fraction of sp³-hybridized carbons (Fsp3) is 0.125. The molecule has 0 radical (unpaired) electrons. The number of rotatable bonds is 7. The lowest BCUT2D eigenvalue weighted by atomic mass is 10.2. The van der Waals surface area contributed by atoms with Gasteiger partial charge < -0.3 is 14.6 Å². The predicted octanol–water partition coefficient (Wildman–Crippen LogP) is 6.68. The zero-order valence-corrected chi connectivity index (χ0v) is 19.0. The Labute approximate surface area is 194 Å². The summed E-state index contributed by atoms with van der Waals surface area (Å²) in [5, 5.41) is 8.06. The molecule has 0 aliphatic heterocycles. The Morgan fingerprint density at radius 1 is 1.09 bits per heavy atom. The van der Waals surface area contributed by atoms with E-state index < -0.39 is 0 Å². The van der Waals surface area contributed by atoms with E-state index in [0.29, 0.717) is 38.6 Å². The summed E-state index contributed by atoms with van der Waals surface area (Å²) in [4.78, 5) is 17.3. The summed E-state index contributed by atoms with van der Waals surface area (Å²) in [6.45, 7) is 3.78. The molecular weight excluding hydrogens is 446 g/mol. The number of ether oxygens (including phenoxy) is 1. The summed E-state index contributed by atoms with van der Waals surface area (Å²) in [7, 11) is 0. The number of hydrogen-bond donors (Lipinski definition) is 1. The molecule has 8 heteroatoms. The average Bonchev–Trinajstić information content (AvgIpc) is 3.12. The van der Waals surface area contributed by atoms with Crippen LogP contribution in [-0.4, -0.2) is 16.0 Å². The van der Waals surface area contributed by atoms with E-state index in [1.807, 2.05) is 26.0 Å². The molecule has 2 aromatic carbocycles. The van der Waals surface area contributed by atoms with Crippen molar-refractivity contribution in [3.8, 4) is 11.5 Å². The number of anilines is 1. The molecule has 0 saturated heterocycles. The molecule has 6 nitrogen and oxygen atoms in total. The highest BCUT2D eigenvalue weighted by molar-refractivity contribution is 7.98. The van der Waals surface area contributed by atoms with Crippen LogP contribution < -0.4 is 10.1 Å². The van der Waals surface area contributed by atoms with E-state index in [2.05, 4.69) is 15.5 Å². The van der Waals surface area contributed by atoms with Gasteiger partial charge in [0.25, 0.3) is 5.91 Å².